The molecule has 4 heteroatoms. The Labute approximate surface area is 117 Å². The van der Waals surface area contributed by atoms with Crippen molar-refractivity contribution < 1.29 is 19.0 Å². The third-order valence-electron chi connectivity index (χ3n) is 2.70. The average Bonchev–Trinajstić information content (AvgIpc) is 3.32. The number of hydrogen-bond donors (Lipinski definition) is 0. The second-order valence-electron chi connectivity index (χ2n) is 4.64. The van der Waals surface area contributed by atoms with E-state index >= 15 is 0 Å². The van der Waals surface area contributed by atoms with Gasteiger partial charge in [-0.2, -0.15) is 0 Å². The molecule has 0 aromatic heterocycles. The van der Waals surface area contributed by atoms with Crippen molar-refractivity contribution >= 4 is 5.78 Å². The molecule has 0 N–H and O–H groups in total. The molecule has 2 atom stereocenters. The number of ketones is 1. The van der Waals surface area contributed by atoms with Crippen LogP contribution in [0, 0.1) is 0 Å². The van der Waals surface area contributed by atoms with Crippen molar-refractivity contribution in [1.29, 1.82) is 0 Å². The van der Waals surface area contributed by atoms with Gasteiger partial charge in [0, 0.05) is 19.4 Å². The highest BCUT2D eigenvalue weighted by Gasteiger charge is 2.21. The van der Waals surface area contributed by atoms with Gasteiger partial charge in [-0.3, -0.25) is 4.79 Å². The minimum atomic E-state index is 0.343. The highest BCUT2D eigenvalue weighted by Crippen LogP contribution is 2.10. The maximum atomic E-state index is 10.2. The van der Waals surface area contributed by atoms with Gasteiger partial charge in [0.15, 0.2) is 0 Å². The smallest absolute Gasteiger partial charge is 0.132 e. The molecule has 2 fully saturated rings. The maximum absolute atomic E-state index is 10.2. The number of ether oxygens (including phenoxy) is 3. The molecule has 2 aliphatic heterocycles. The van der Waals surface area contributed by atoms with Crippen molar-refractivity contribution in [3.8, 4) is 0 Å². The normalized spacial score (nSPS) is 22.5. The molecule has 19 heavy (non-hydrogen) atoms. The van der Waals surface area contributed by atoms with Crippen LogP contribution in [0.25, 0.3) is 0 Å². The zero-order chi connectivity index (χ0) is 14.5. The van der Waals surface area contributed by atoms with E-state index < -0.39 is 0 Å². The van der Waals surface area contributed by atoms with Crippen molar-refractivity contribution in [3.05, 3.63) is 0 Å². The molecule has 2 aliphatic rings. The van der Waals surface area contributed by atoms with Gasteiger partial charge in [-0.05, 0) is 12.8 Å². The van der Waals surface area contributed by atoms with Crippen LogP contribution in [0.15, 0.2) is 0 Å². The monoisotopic (exact) mass is 274 g/mol. The third-order valence-corrected chi connectivity index (χ3v) is 2.70. The number of Topliss-reactive ketones (excluding diaryl/α,β-unsaturated/α-hetero) is 1. The summed E-state index contributed by atoms with van der Waals surface area (Å²) in [6.45, 7) is 11.6. The van der Waals surface area contributed by atoms with Crippen molar-refractivity contribution in [1.82, 2.24) is 0 Å². The molecule has 4 nitrogen and oxygen atoms in total. The van der Waals surface area contributed by atoms with E-state index in [4.69, 9.17) is 14.2 Å². The van der Waals surface area contributed by atoms with E-state index in [9.17, 15) is 4.79 Å². The lowest BCUT2D eigenvalue weighted by Gasteiger charge is -1.95. The van der Waals surface area contributed by atoms with Gasteiger partial charge in [0.05, 0.1) is 25.9 Å². The molecular formula is C15H30O4. The SMILES string of the molecule is CCC(=O)CC.CCC1CO1.CCCOCC1CO1. The van der Waals surface area contributed by atoms with Gasteiger partial charge in [-0.15, -0.1) is 0 Å². The first-order valence-electron chi connectivity index (χ1n) is 7.50. The highest BCUT2D eigenvalue weighted by atomic mass is 16.6. The predicted molar refractivity (Wildman–Crippen MR) is 76.5 cm³/mol. The summed E-state index contributed by atoms with van der Waals surface area (Å²) in [6.07, 6.45) is 4.75. The lowest BCUT2D eigenvalue weighted by atomic mass is 10.3. The topological polar surface area (TPSA) is 51.4 Å². The lowest BCUT2D eigenvalue weighted by Crippen LogP contribution is -2.01. The van der Waals surface area contributed by atoms with E-state index in [2.05, 4.69) is 13.8 Å². The van der Waals surface area contributed by atoms with E-state index in [1.165, 1.54) is 6.42 Å². The van der Waals surface area contributed by atoms with Crippen LogP contribution < -0.4 is 0 Å². The van der Waals surface area contributed by atoms with Gasteiger partial charge >= 0.3 is 0 Å². The predicted octanol–water partition coefficient (Wildman–Crippen LogP) is 2.98. The van der Waals surface area contributed by atoms with Gasteiger partial charge in [0.2, 0.25) is 0 Å². The summed E-state index contributed by atoms with van der Waals surface area (Å²) in [7, 11) is 0. The Morgan fingerprint density at radius 1 is 1.05 bits per heavy atom. The molecule has 0 amide bonds. The number of carbonyl (C=O) groups excluding carboxylic acids is 1. The van der Waals surface area contributed by atoms with Crippen LogP contribution in [0.2, 0.25) is 0 Å². The first-order valence-corrected chi connectivity index (χ1v) is 7.50. The number of rotatable bonds is 7. The Kier molecular flexibility index (Phi) is 12.3. The Hall–Kier alpha value is -0.450. The lowest BCUT2D eigenvalue weighted by molar-refractivity contribution is -0.118. The van der Waals surface area contributed by atoms with E-state index in [1.54, 1.807) is 0 Å². The number of epoxide rings is 2. The molecule has 0 spiro atoms. The van der Waals surface area contributed by atoms with E-state index in [0.717, 1.165) is 32.8 Å². The second-order valence-corrected chi connectivity index (χ2v) is 4.64. The van der Waals surface area contributed by atoms with Crippen LogP contribution in [0.1, 0.15) is 53.4 Å². The molecule has 2 saturated heterocycles. The van der Waals surface area contributed by atoms with Crippen molar-refractivity contribution in [2.24, 2.45) is 0 Å². The quantitative estimate of drug-likeness (QED) is 0.529. The van der Waals surface area contributed by atoms with Crippen LogP contribution in [0.3, 0.4) is 0 Å². The van der Waals surface area contributed by atoms with Gasteiger partial charge in [0.25, 0.3) is 0 Å². The molecular weight excluding hydrogens is 244 g/mol. The van der Waals surface area contributed by atoms with Crippen LogP contribution in [0.5, 0.6) is 0 Å². The fourth-order valence-corrected chi connectivity index (χ4v) is 1.08. The molecule has 0 aromatic rings. The van der Waals surface area contributed by atoms with E-state index in [-0.39, 0.29) is 0 Å². The molecule has 0 radical (unpaired) electrons. The van der Waals surface area contributed by atoms with Crippen molar-refractivity contribution in [2.45, 2.75) is 65.6 Å². The molecule has 2 unspecified atom stereocenters. The zero-order valence-electron chi connectivity index (χ0n) is 12.9. The van der Waals surface area contributed by atoms with Gasteiger partial charge < -0.3 is 14.2 Å². The zero-order valence-corrected chi connectivity index (χ0v) is 12.9. The number of carbonyl (C=O) groups is 1. The largest absolute Gasteiger partial charge is 0.379 e. The first-order chi connectivity index (χ1) is 9.17. The minimum Gasteiger partial charge on any atom is -0.379 e. The van der Waals surface area contributed by atoms with E-state index in [0.29, 0.717) is 30.8 Å². The Bertz CT molecular complexity index is 204. The third kappa shape index (κ3) is 15.5. The highest BCUT2D eigenvalue weighted by molar-refractivity contribution is 5.77. The average molecular weight is 274 g/mol. The minimum absolute atomic E-state index is 0.343. The Balaban J connectivity index is 0.000000264. The summed E-state index contributed by atoms with van der Waals surface area (Å²) in [5, 5.41) is 0. The van der Waals surface area contributed by atoms with Crippen LogP contribution in [-0.2, 0) is 19.0 Å². The molecule has 114 valence electrons. The summed E-state index contributed by atoms with van der Waals surface area (Å²) in [6, 6.07) is 0. The molecule has 2 rings (SSSR count). The van der Waals surface area contributed by atoms with Gasteiger partial charge in [-0.1, -0.05) is 27.7 Å². The Morgan fingerprint density at radius 3 is 1.79 bits per heavy atom. The molecule has 0 saturated carbocycles. The maximum Gasteiger partial charge on any atom is 0.132 e. The first kappa shape index (κ1) is 18.6. The van der Waals surface area contributed by atoms with Crippen LogP contribution in [0.4, 0.5) is 0 Å². The van der Waals surface area contributed by atoms with Crippen LogP contribution in [-0.4, -0.2) is 44.4 Å². The van der Waals surface area contributed by atoms with Crippen molar-refractivity contribution in [2.75, 3.05) is 26.4 Å². The Morgan fingerprint density at radius 2 is 1.58 bits per heavy atom. The van der Waals surface area contributed by atoms with Crippen molar-refractivity contribution in [3.63, 3.8) is 0 Å². The molecule has 0 aliphatic carbocycles. The van der Waals surface area contributed by atoms with Crippen LogP contribution >= 0.6 is 0 Å². The summed E-state index contributed by atoms with van der Waals surface area (Å²) in [5.74, 6) is 0.343. The van der Waals surface area contributed by atoms with Gasteiger partial charge in [0.1, 0.15) is 11.9 Å². The molecule has 0 bridgehead atoms. The second kappa shape index (κ2) is 12.6. The summed E-state index contributed by atoms with van der Waals surface area (Å²) in [5.41, 5.74) is 0. The molecule has 0 aromatic carbocycles. The van der Waals surface area contributed by atoms with E-state index in [1.807, 2.05) is 13.8 Å². The summed E-state index contributed by atoms with van der Waals surface area (Å²) in [4.78, 5) is 10.2. The van der Waals surface area contributed by atoms with Gasteiger partial charge in [-0.25, -0.2) is 0 Å². The molecule has 2 heterocycles. The fourth-order valence-electron chi connectivity index (χ4n) is 1.08. The standard InChI is InChI=1S/C6H12O2.C5H10O.C4H8O/c1-2-3-7-4-6-5-8-6;1-3-5(6)4-2;1-2-4-3-5-4/h6H,2-5H2,1H3;3-4H2,1-2H3;4H,2-3H2,1H3. The number of hydrogen-bond acceptors (Lipinski definition) is 4. The summed E-state index contributed by atoms with van der Waals surface area (Å²) >= 11 is 0. The fraction of sp³-hybridized carbons (Fsp3) is 0.933. The summed E-state index contributed by atoms with van der Waals surface area (Å²) < 4.78 is 15.0.